The third kappa shape index (κ3) is 3.13. The van der Waals surface area contributed by atoms with Crippen molar-refractivity contribution in [2.45, 2.75) is 25.3 Å². The van der Waals surface area contributed by atoms with Gasteiger partial charge in [-0.2, -0.15) is 5.10 Å². The molecule has 0 aromatic carbocycles. The zero-order valence-corrected chi connectivity index (χ0v) is 12.9. The van der Waals surface area contributed by atoms with Gasteiger partial charge in [0, 0.05) is 23.4 Å². The van der Waals surface area contributed by atoms with Gasteiger partial charge < -0.3 is 0 Å². The molecule has 0 bridgehead atoms. The maximum absolute atomic E-state index is 12.1. The van der Waals surface area contributed by atoms with Crippen LogP contribution in [0.1, 0.15) is 12.5 Å². The van der Waals surface area contributed by atoms with Crippen LogP contribution in [0.4, 0.5) is 5.82 Å². The molecule has 0 unspecified atom stereocenters. The second-order valence-corrected chi connectivity index (χ2v) is 6.49. The molecule has 0 spiro atoms. The molecule has 2 aromatic heterocycles. The summed E-state index contributed by atoms with van der Waals surface area (Å²) in [5.41, 5.74) is 0.900. The molecule has 0 atom stereocenters. The predicted molar refractivity (Wildman–Crippen MR) is 75.4 cm³/mol. The number of nitrogens with zero attached hydrogens (tertiary/aromatic N) is 3. The largest absolute Gasteiger partial charge is 0.272 e. The quantitative estimate of drug-likeness (QED) is 0.921. The van der Waals surface area contributed by atoms with Crippen molar-refractivity contribution in [3.05, 3.63) is 34.7 Å². The number of rotatable bonds is 4. The summed E-state index contributed by atoms with van der Waals surface area (Å²) >= 11 is 3.31. The van der Waals surface area contributed by atoms with Crippen molar-refractivity contribution in [3.63, 3.8) is 0 Å². The molecule has 8 heteroatoms. The Labute approximate surface area is 120 Å². The molecule has 0 saturated carbocycles. The minimum Gasteiger partial charge on any atom is -0.272 e. The van der Waals surface area contributed by atoms with Gasteiger partial charge in [-0.05, 0) is 41.4 Å². The van der Waals surface area contributed by atoms with Gasteiger partial charge >= 0.3 is 0 Å². The summed E-state index contributed by atoms with van der Waals surface area (Å²) in [6.07, 6.45) is 4.36. The molecule has 1 N–H and O–H groups in total. The third-order valence-electron chi connectivity index (χ3n) is 2.53. The molecular weight excluding hydrogens is 332 g/mol. The van der Waals surface area contributed by atoms with E-state index in [1.54, 1.807) is 16.9 Å². The maximum Gasteiger partial charge on any atom is 0.266 e. The minimum absolute atomic E-state index is 0.122. The fraction of sp³-hybridized carbons (Fsp3) is 0.273. The van der Waals surface area contributed by atoms with Crippen molar-refractivity contribution in [1.82, 2.24) is 14.8 Å². The van der Waals surface area contributed by atoms with E-state index in [4.69, 9.17) is 0 Å². The third-order valence-corrected chi connectivity index (χ3v) is 4.67. The highest BCUT2D eigenvalue weighted by molar-refractivity contribution is 9.10. The number of anilines is 1. The maximum atomic E-state index is 12.1. The summed E-state index contributed by atoms with van der Waals surface area (Å²) in [5.74, 6) is 0.282. The van der Waals surface area contributed by atoms with Gasteiger partial charge in [-0.15, -0.1) is 0 Å². The summed E-state index contributed by atoms with van der Waals surface area (Å²) in [4.78, 5) is 4.13. The Morgan fingerprint density at radius 3 is 2.74 bits per heavy atom. The molecule has 19 heavy (non-hydrogen) atoms. The number of nitrogens with one attached hydrogen (secondary N) is 1. The fourth-order valence-corrected chi connectivity index (χ4v) is 2.62. The van der Waals surface area contributed by atoms with Crippen LogP contribution in [-0.2, 0) is 16.6 Å². The van der Waals surface area contributed by atoms with Crippen LogP contribution < -0.4 is 4.72 Å². The standard InChI is InChI=1S/C11H13BrN4O2S/c1-3-16-7-9(5-14-16)19(17,18)15-11-4-8(2)10(12)6-13-11/h4-7H,3H2,1-2H3,(H,13,15). The second kappa shape index (κ2) is 5.30. The van der Waals surface area contributed by atoms with Gasteiger partial charge in [0.05, 0.1) is 6.20 Å². The Morgan fingerprint density at radius 1 is 1.42 bits per heavy atom. The minimum atomic E-state index is -3.64. The van der Waals surface area contributed by atoms with E-state index in [0.29, 0.717) is 6.54 Å². The Kier molecular flexibility index (Phi) is 3.91. The van der Waals surface area contributed by atoms with Crippen molar-refractivity contribution in [3.8, 4) is 0 Å². The summed E-state index contributed by atoms with van der Waals surface area (Å²) in [7, 11) is -3.64. The Balaban J connectivity index is 2.28. The molecule has 0 aliphatic heterocycles. The van der Waals surface area contributed by atoms with E-state index in [1.165, 1.54) is 12.4 Å². The van der Waals surface area contributed by atoms with E-state index in [0.717, 1.165) is 10.0 Å². The first-order valence-electron chi connectivity index (χ1n) is 5.60. The first-order chi connectivity index (χ1) is 8.92. The monoisotopic (exact) mass is 344 g/mol. The van der Waals surface area contributed by atoms with Crippen molar-refractivity contribution in [1.29, 1.82) is 0 Å². The van der Waals surface area contributed by atoms with Crippen molar-refractivity contribution < 1.29 is 8.42 Å². The molecule has 2 rings (SSSR count). The van der Waals surface area contributed by atoms with E-state index in [9.17, 15) is 8.42 Å². The van der Waals surface area contributed by atoms with Gasteiger partial charge in [0.15, 0.2) is 0 Å². The highest BCUT2D eigenvalue weighted by atomic mass is 79.9. The molecule has 0 aliphatic rings. The lowest BCUT2D eigenvalue weighted by Crippen LogP contribution is -2.13. The zero-order chi connectivity index (χ0) is 14.0. The van der Waals surface area contributed by atoms with Crippen LogP contribution >= 0.6 is 15.9 Å². The lowest BCUT2D eigenvalue weighted by atomic mass is 10.3. The Morgan fingerprint density at radius 2 is 2.16 bits per heavy atom. The number of pyridine rings is 1. The molecule has 0 saturated heterocycles. The van der Waals surface area contributed by atoms with E-state index in [-0.39, 0.29) is 10.7 Å². The van der Waals surface area contributed by atoms with Crippen LogP contribution in [0.25, 0.3) is 0 Å². The molecule has 0 aliphatic carbocycles. The fourth-order valence-electron chi connectivity index (χ4n) is 1.45. The molecule has 0 radical (unpaired) electrons. The van der Waals surface area contributed by atoms with Crippen molar-refractivity contribution in [2.24, 2.45) is 0 Å². The number of sulfonamides is 1. The van der Waals surface area contributed by atoms with Gasteiger partial charge in [-0.1, -0.05) is 0 Å². The number of aromatic nitrogens is 3. The van der Waals surface area contributed by atoms with E-state index in [2.05, 4.69) is 30.7 Å². The Bertz CT molecular complexity index is 696. The summed E-state index contributed by atoms with van der Waals surface area (Å²) in [6.45, 7) is 4.36. The number of aryl methyl sites for hydroxylation is 2. The van der Waals surface area contributed by atoms with Gasteiger partial charge in [0.1, 0.15) is 10.7 Å². The molecule has 6 nitrogen and oxygen atoms in total. The topological polar surface area (TPSA) is 76.9 Å². The molecule has 2 heterocycles. The SMILES string of the molecule is CCn1cc(S(=O)(=O)Nc2cc(C)c(Br)cn2)cn1. The van der Waals surface area contributed by atoms with Crippen LogP contribution in [0, 0.1) is 6.92 Å². The first-order valence-corrected chi connectivity index (χ1v) is 7.87. The summed E-state index contributed by atoms with van der Waals surface area (Å²) in [6, 6.07) is 1.66. The van der Waals surface area contributed by atoms with Crippen LogP contribution in [-0.4, -0.2) is 23.2 Å². The van der Waals surface area contributed by atoms with Crippen LogP contribution in [0.15, 0.2) is 34.0 Å². The van der Waals surface area contributed by atoms with E-state index >= 15 is 0 Å². The average molecular weight is 345 g/mol. The van der Waals surface area contributed by atoms with Gasteiger partial charge in [0.2, 0.25) is 0 Å². The molecule has 0 amide bonds. The number of hydrogen-bond acceptors (Lipinski definition) is 4. The number of hydrogen-bond donors (Lipinski definition) is 1. The lowest BCUT2D eigenvalue weighted by molar-refractivity contribution is 0.600. The van der Waals surface area contributed by atoms with Gasteiger partial charge in [0.25, 0.3) is 10.0 Å². The van der Waals surface area contributed by atoms with Crippen molar-refractivity contribution >= 4 is 31.8 Å². The predicted octanol–water partition coefficient (Wildman–Crippen LogP) is 2.17. The van der Waals surface area contributed by atoms with Crippen LogP contribution in [0.2, 0.25) is 0 Å². The Hall–Kier alpha value is -1.41. The lowest BCUT2D eigenvalue weighted by Gasteiger charge is -2.06. The zero-order valence-electron chi connectivity index (χ0n) is 10.5. The average Bonchev–Trinajstić information content (AvgIpc) is 2.83. The number of halogens is 1. The molecular formula is C11H13BrN4O2S. The van der Waals surface area contributed by atoms with Crippen LogP contribution in [0.3, 0.4) is 0 Å². The second-order valence-electron chi connectivity index (χ2n) is 3.96. The van der Waals surface area contributed by atoms with Crippen molar-refractivity contribution in [2.75, 3.05) is 4.72 Å². The van der Waals surface area contributed by atoms with Gasteiger partial charge in [-0.3, -0.25) is 9.40 Å². The molecule has 0 fully saturated rings. The molecule has 2 aromatic rings. The van der Waals surface area contributed by atoms with E-state index in [1.807, 2.05) is 13.8 Å². The normalized spacial score (nSPS) is 11.5. The highest BCUT2D eigenvalue weighted by Gasteiger charge is 2.17. The summed E-state index contributed by atoms with van der Waals surface area (Å²) < 4.78 is 29.0. The highest BCUT2D eigenvalue weighted by Crippen LogP contribution is 2.19. The molecule has 102 valence electrons. The van der Waals surface area contributed by atoms with Gasteiger partial charge in [-0.25, -0.2) is 13.4 Å². The van der Waals surface area contributed by atoms with Crippen LogP contribution in [0.5, 0.6) is 0 Å². The smallest absolute Gasteiger partial charge is 0.266 e. The summed E-state index contributed by atoms with van der Waals surface area (Å²) in [5, 5.41) is 3.94. The van der Waals surface area contributed by atoms with E-state index < -0.39 is 10.0 Å². The first kappa shape index (κ1) is 14.0.